The summed E-state index contributed by atoms with van der Waals surface area (Å²) in [5, 5.41) is 12.6. The molecule has 13 nitrogen and oxygen atoms in total. The van der Waals surface area contributed by atoms with Crippen LogP contribution in [0.2, 0.25) is 0 Å². The van der Waals surface area contributed by atoms with Gasteiger partial charge < -0.3 is 28.8 Å². The number of hydrogen-bond donors (Lipinski definition) is 1. The van der Waals surface area contributed by atoms with Crippen LogP contribution >= 0.6 is 0 Å². The van der Waals surface area contributed by atoms with Gasteiger partial charge in [-0.25, -0.2) is 0 Å². The number of benzene rings is 3. The molecule has 13 heteroatoms. The highest BCUT2D eigenvalue weighted by Gasteiger charge is 2.34. The monoisotopic (exact) mass is 602 g/mol. The first-order valence-electron chi connectivity index (χ1n) is 14.3. The molecular weight excluding hydrogens is 570 g/mol. The number of nitrogens with zero attached hydrogens (tertiary/aromatic N) is 4. The van der Waals surface area contributed by atoms with E-state index in [9.17, 15) is 19.7 Å². The molecule has 3 heterocycles. The van der Waals surface area contributed by atoms with Crippen LogP contribution < -0.4 is 24.1 Å². The van der Waals surface area contributed by atoms with Gasteiger partial charge in [0.15, 0.2) is 5.75 Å². The van der Waals surface area contributed by atoms with Gasteiger partial charge in [0, 0.05) is 30.5 Å². The Morgan fingerprint density at radius 3 is 2.41 bits per heavy atom. The van der Waals surface area contributed by atoms with E-state index in [0.717, 1.165) is 17.9 Å². The second-order valence-electron chi connectivity index (χ2n) is 10.7. The Kier molecular flexibility index (Phi) is 8.03. The van der Waals surface area contributed by atoms with Gasteiger partial charge in [0.25, 0.3) is 11.8 Å². The fraction of sp³-hybridized carbons (Fsp3) is 0.323. The van der Waals surface area contributed by atoms with E-state index in [0.29, 0.717) is 67.0 Å². The smallest absolute Gasteiger partial charge is 0.312 e. The van der Waals surface area contributed by atoms with Crippen molar-refractivity contribution < 1.29 is 38.6 Å². The lowest BCUT2D eigenvalue weighted by atomic mass is 10.1. The second-order valence-corrected chi connectivity index (χ2v) is 10.7. The van der Waals surface area contributed by atoms with Crippen LogP contribution in [0.5, 0.6) is 28.7 Å². The van der Waals surface area contributed by atoms with Crippen LogP contribution in [0.4, 0.5) is 11.4 Å². The molecule has 0 radical (unpaired) electrons. The molecule has 44 heavy (non-hydrogen) atoms. The minimum absolute atomic E-state index is 0.000138. The predicted octanol–water partition coefficient (Wildman–Crippen LogP) is 3.06. The number of quaternary nitrogens is 1. The fourth-order valence-electron chi connectivity index (χ4n) is 5.64. The number of piperazine rings is 1. The van der Waals surface area contributed by atoms with Gasteiger partial charge in [-0.05, 0) is 55.3 Å². The largest absolute Gasteiger partial charge is 0.497 e. The maximum atomic E-state index is 13.3. The lowest BCUT2D eigenvalue weighted by Crippen LogP contribution is -3.16. The van der Waals surface area contributed by atoms with Gasteiger partial charge in [0.05, 0.1) is 49.5 Å². The predicted molar refractivity (Wildman–Crippen MR) is 159 cm³/mol. The number of nitro benzene ring substituents is 1. The topological polar surface area (TPSA) is 137 Å². The van der Waals surface area contributed by atoms with E-state index in [2.05, 4.69) is 4.99 Å². The number of carbonyl (C=O) groups is 2. The summed E-state index contributed by atoms with van der Waals surface area (Å²) in [4.78, 5) is 52.0. The quantitative estimate of drug-likeness (QED) is 0.307. The van der Waals surface area contributed by atoms with Crippen molar-refractivity contribution >= 4 is 29.4 Å². The molecule has 3 aliphatic heterocycles. The molecule has 0 saturated carbocycles. The van der Waals surface area contributed by atoms with Crippen molar-refractivity contribution in [1.82, 2.24) is 9.80 Å². The average Bonchev–Trinajstić information content (AvgIpc) is 3.48. The molecule has 1 unspecified atom stereocenters. The molecular formula is C31H32N5O8+. The van der Waals surface area contributed by atoms with Crippen LogP contribution in [0.25, 0.3) is 0 Å². The maximum Gasteiger partial charge on any atom is 0.312 e. The first-order valence-corrected chi connectivity index (χ1v) is 14.3. The Morgan fingerprint density at radius 1 is 0.955 bits per heavy atom. The van der Waals surface area contributed by atoms with E-state index in [4.69, 9.17) is 19.0 Å². The zero-order valence-electron chi connectivity index (χ0n) is 24.4. The lowest BCUT2D eigenvalue weighted by Gasteiger charge is -2.31. The summed E-state index contributed by atoms with van der Waals surface area (Å²) in [6.45, 7) is 2.37. The Balaban J connectivity index is 1.12. The molecule has 6 rings (SSSR count). The van der Waals surface area contributed by atoms with E-state index in [1.807, 2.05) is 11.1 Å². The zero-order chi connectivity index (χ0) is 30.8. The molecule has 2 amide bonds. The van der Waals surface area contributed by atoms with Crippen molar-refractivity contribution in [2.24, 2.45) is 4.99 Å². The lowest BCUT2D eigenvalue weighted by molar-refractivity contribution is -1.06. The van der Waals surface area contributed by atoms with Crippen molar-refractivity contribution in [2.45, 2.75) is 18.9 Å². The van der Waals surface area contributed by atoms with E-state index in [1.165, 1.54) is 25.3 Å². The first-order chi connectivity index (χ1) is 21.3. The summed E-state index contributed by atoms with van der Waals surface area (Å²) in [5.74, 6) is 1.56. The molecule has 228 valence electrons. The Hall–Kier alpha value is -5.17. The molecule has 1 N–H and O–H groups in total. The molecule has 1 atom stereocenters. The first kappa shape index (κ1) is 28.9. The summed E-state index contributed by atoms with van der Waals surface area (Å²) in [5.41, 5.74) is 0.902. The number of hydrogen-bond acceptors (Lipinski definition) is 9. The molecule has 2 fully saturated rings. The molecule has 0 aliphatic carbocycles. The van der Waals surface area contributed by atoms with Gasteiger partial charge in [-0.1, -0.05) is 0 Å². The van der Waals surface area contributed by atoms with Crippen molar-refractivity contribution in [1.29, 1.82) is 0 Å². The number of ether oxygens (including phenoxy) is 3. The highest BCUT2D eigenvalue weighted by Crippen LogP contribution is 2.38. The number of carbonyl (C=O) groups excluding carboxylic acids is 2. The van der Waals surface area contributed by atoms with Crippen molar-refractivity contribution in [2.75, 3.05) is 46.9 Å². The third-order valence-electron chi connectivity index (χ3n) is 8.01. The number of nitro groups is 1. The minimum atomic E-state index is -0.569. The van der Waals surface area contributed by atoms with Crippen LogP contribution in [-0.2, 0) is 0 Å². The number of hydroxylamine groups is 2. The summed E-state index contributed by atoms with van der Waals surface area (Å²) in [6, 6.07) is 14.3. The number of fused-ring (bicyclic) bond motifs is 2. The summed E-state index contributed by atoms with van der Waals surface area (Å²) < 4.78 is 16.4. The zero-order valence-corrected chi connectivity index (χ0v) is 24.4. The summed E-state index contributed by atoms with van der Waals surface area (Å²) >= 11 is 0. The number of aliphatic imine (C=N–C) groups is 1. The van der Waals surface area contributed by atoms with Gasteiger partial charge in [0.2, 0.25) is 11.5 Å². The Labute approximate surface area is 253 Å². The van der Waals surface area contributed by atoms with Crippen LogP contribution in [-0.4, -0.2) is 85.7 Å². The van der Waals surface area contributed by atoms with Crippen LogP contribution in [0.1, 0.15) is 33.6 Å². The van der Waals surface area contributed by atoms with E-state index in [-0.39, 0.29) is 34.9 Å². The van der Waals surface area contributed by atoms with E-state index >= 15 is 0 Å². The van der Waals surface area contributed by atoms with Crippen LogP contribution in [0.3, 0.4) is 0 Å². The number of amides is 2. The maximum absolute atomic E-state index is 13.3. The van der Waals surface area contributed by atoms with E-state index in [1.54, 1.807) is 48.4 Å². The van der Waals surface area contributed by atoms with Crippen LogP contribution in [0.15, 0.2) is 59.6 Å². The van der Waals surface area contributed by atoms with Gasteiger partial charge in [-0.15, -0.1) is 5.06 Å². The number of methoxy groups -OCH3 is 2. The Morgan fingerprint density at radius 2 is 1.70 bits per heavy atom. The molecule has 3 aromatic rings. The van der Waals surface area contributed by atoms with Crippen molar-refractivity contribution in [3.05, 3.63) is 75.8 Å². The number of nitrogens with one attached hydrogen (secondary N) is 1. The SMILES string of the molecule is COc1ccc(Oc2ccc(C(=O)N3CC[NH+](Oc4cc5c(cc4OC)C(=O)N4CCCC4C=N5)CC3)cc2[N+](=O)[O-])cc1. The molecule has 0 spiro atoms. The Bertz CT molecular complexity index is 1620. The highest BCUT2D eigenvalue weighted by atomic mass is 16.7. The fourth-order valence-corrected chi connectivity index (χ4v) is 5.64. The average molecular weight is 603 g/mol. The van der Waals surface area contributed by atoms with Gasteiger partial charge in [-0.2, -0.15) is 0 Å². The molecule has 0 bridgehead atoms. The van der Waals surface area contributed by atoms with Gasteiger partial charge >= 0.3 is 5.69 Å². The van der Waals surface area contributed by atoms with E-state index < -0.39 is 4.92 Å². The minimum Gasteiger partial charge on any atom is -0.497 e. The summed E-state index contributed by atoms with van der Waals surface area (Å²) in [7, 11) is 3.07. The molecule has 0 aromatic heterocycles. The normalized spacial score (nSPS) is 17.9. The second kappa shape index (κ2) is 12.2. The molecule has 2 saturated heterocycles. The third-order valence-corrected chi connectivity index (χ3v) is 8.01. The van der Waals surface area contributed by atoms with Crippen molar-refractivity contribution in [3.8, 4) is 28.7 Å². The number of rotatable bonds is 8. The van der Waals surface area contributed by atoms with Gasteiger partial charge in [0.1, 0.15) is 24.6 Å². The van der Waals surface area contributed by atoms with Crippen molar-refractivity contribution in [3.63, 3.8) is 0 Å². The standard InChI is InChI=1S/C31H31N5O8/c1-41-22-6-8-23(9-7-22)43-27-10-5-20(16-26(27)36(39)40)30(37)33-12-14-34(15-13-33)44-29-18-25-24(17-28(29)42-2)31(38)35-11-3-4-21(35)19-32-25/h5-10,16-19,21H,3-4,11-15H2,1-2H3/p+1. The van der Waals surface area contributed by atoms with Gasteiger partial charge in [-0.3, -0.25) is 24.7 Å². The molecule has 3 aliphatic rings. The third kappa shape index (κ3) is 5.73. The van der Waals surface area contributed by atoms with Crippen LogP contribution in [0, 0.1) is 10.1 Å². The molecule has 3 aromatic carbocycles. The highest BCUT2D eigenvalue weighted by molar-refractivity contribution is 6.03. The summed E-state index contributed by atoms with van der Waals surface area (Å²) in [6.07, 6.45) is 3.67.